The van der Waals surface area contributed by atoms with Gasteiger partial charge in [0.1, 0.15) is 12.0 Å². The number of amides is 1. The number of ketones is 2. The van der Waals surface area contributed by atoms with E-state index in [4.69, 9.17) is 16.3 Å². The van der Waals surface area contributed by atoms with Gasteiger partial charge < -0.3 is 10.1 Å². The van der Waals surface area contributed by atoms with E-state index < -0.39 is 35.5 Å². The minimum Gasteiger partial charge on any atom is -0.453 e. The number of fused-ring (bicyclic) bond motifs is 1. The van der Waals surface area contributed by atoms with Crippen LogP contribution in [0.1, 0.15) is 37.9 Å². The monoisotopic (exact) mass is 523 g/mol. The Hall–Kier alpha value is -4.55. The van der Waals surface area contributed by atoms with Crippen LogP contribution in [-0.2, 0) is 14.3 Å². The van der Waals surface area contributed by atoms with Gasteiger partial charge in [-0.15, -0.1) is 0 Å². The summed E-state index contributed by atoms with van der Waals surface area (Å²) in [5.41, 5.74) is 3.16. The number of hydrogen-bond donors (Lipinski definition) is 1. The topological polar surface area (TPSA) is 89.5 Å². The molecule has 2 atom stereocenters. The molecule has 1 N–H and O–H groups in total. The van der Waals surface area contributed by atoms with E-state index in [9.17, 15) is 19.2 Å². The van der Waals surface area contributed by atoms with Gasteiger partial charge in [-0.3, -0.25) is 14.4 Å². The second kappa shape index (κ2) is 10.4. The fourth-order valence-corrected chi connectivity index (χ4v) is 4.79. The first-order chi connectivity index (χ1) is 18.4. The van der Waals surface area contributed by atoms with Crippen molar-refractivity contribution >= 4 is 40.7 Å². The third kappa shape index (κ3) is 4.62. The molecule has 38 heavy (non-hydrogen) atoms. The molecule has 4 aromatic rings. The molecule has 1 heterocycles. The molecule has 0 unspecified atom stereocenters. The first kappa shape index (κ1) is 25.1. The summed E-state index contributed by atoms with van der Waals surface area (Å²) in [4.78, 5) is 53.8. The maximum Gasteiger partial charge on any atom is 0.339 e. The van der Waals surface area contributed by atoms with Crippen molar-refractivity contribution in [2.24, 2.45) is 5.92 Å². The van der Waals surface area contributed by atoms with E-state index in [-0.39, 0.29) is 11.1 Å². The van der Waals surface area contributed by atoms with E-state index in [1.54, 1.807) is 73.7 Å². The predicted octanol–water partition coefficient (Wildman–Crippen LogP) is 6.23. The Morgan fingerprint density at radius 3 is 2.24 bits per heavy atom. The van der Waals surface area contributed by atoms with E-state index in [0.717, 1.165) is 5.56 Å². The number of hydrogen-bond acceptors (Lipinski definition) is 5. The summed E-state index contributed by atoms with van der Waals surface area (Å²) in [6, 6.07) is 27.6. The number of carbonyl (C=O) groups is 4. The normalized spacial score (nSPS) is 14.8. The van der Waals surface area contributed by atoms with Crippen LogP contribution in [0.3, 0.4) is 0 Å². The third-order valence-corrected chi connectivity index (χ3v) is 7.02. The minimum atomic E-state index is -1.60. The Kier molecular flexibility index (Phi) is 6.90. The summed E-state index contributed by atoms with van der Waals surface area (Å²) in [6.45, 7) is 1.70. The Balaban J connectivity index is 1.58. The fraction of sp³-hybridized carbons (Fsp3) is 0.0968. The predicted molar refractivity (Wildman–Crippen MR) is 144 cm³/mol. The van der Waals surface area contributed by atoms with Gasteiger partial charge >= 0.3 is 5.97 Å². The van der Waals surface area contributed by atoms with E-state index in [2.05, 4.69) is 5.32 Å². The van der Waals surface area contributed by atoms with Gasteiger partial charge in [0.05, 0.1) is 5.56 Å². The van der Waals surface area contributed by atoms with Crippen molar-refractivity contribution in [1.29, 1.82) is 0 Å². The van der Waals surface area contributed by atoms with E-state index >= 15 is 0 Å². The molecule has 0 fully saturated rings. The Morgan fingerprint density at radius 2 is 1.47 bits per heavy atom. The van der Waals surface area contributed by atoms with Crippen LogP contribution < -0.4 is 5.32 Å². The average Bonchev–Trinajstić information content (AvgIpc) is 3.27. The molecule has 1 amide bonds. The van der Waals surface area contributed by atoms with Gasteiger partial charge in [0.15, 0.2) is 5.78 Å². The van der Waals surface area contributed by atoms with E-state index in [1.807, 2.05) is 30.3 Å². The molecule has 1 aliphatic heterocycles. The number of halogens is 1. The highest BCUT2D eigenvalue weighted by Gasteiger charge is 2.46. The van der Waals surface area contributed by atoms with Crippen LogP contribution in [0.5, 0.6) is 0 Å². The molecular weight excluding hydrogens is 502 g/mol. The molecule has 0 radical (unpaired) electrons. The lowest BCUT2D eigenvalue weighted by molar-refractivity contribution is -0.138. The highest BCUT2D eigenvalue weighted by molar-refractivity contribution is 6.45. The van der Waals surface area contributed by atoms with Crippen LogP contribution in [0, 0.1) is 12.8 Å². The minimum absolute atomic E-state index is 0.240. The van der Waals surface area contributed by atoms with E-state index in [1.165, 1.54) is 0 Å². The SMILES string of the molecule is Cc1c(Cl)cccc1NC(=O)C(=O)[C@@H](C(=O)c1ccccc1-c1ccccc1)[C@H]1OC(=O)c2ccccc21. The Bertz CT molecular complexity index is 1580. The van der Waals surface area contributed by atoms with Gasteiger partial charge in [-0.2, -0.15) is 0 Å². The Labute approximate surface area is 224 Å². The van der Waals surface area contributed by atoms with Gasteiger partial charge in [-0.1, -0.05) is 90.5 Å². The molecule has 6 nitrogen and oxygen atoms in total. The van der Waals surface area contributed by atoms with Gasteiger partial charge in [0, 0.05) is 21.8 Å². The number of esters is 1. The number of nitrogens with one attached hydrogen (secondary N) is 1. The Morgan fingerprint density at radius 1 is 0.816 bits per heavy atom. The molecular formula is C31H22ClNO5. The molecule has 1 aliphatic rings. The molecule has 0 aliphatic carbocycles. The van der Waals surface area contributed by atoms with Gasteiger partial charge in [0.25, 0.3) is 5.91 Å². The molecule has 5 rings (SSSR count). The summed E-state index contributed by atoms with van der Waals surface area (Å²) < 4.78 is 5.56. The van der Waals surface area contributed by atoms with E-state index in [0.29, 0.717) is 27.4 Å². The molecule has 188 valence electrons. The summed E-state index contributed by atoms with van der Waals surface area (Å²) in [5, 5.41) is 2.99. The van der Waals surface area contributed by atoms with Crippen LogP contribution in [0.15, 0.2) is 97.1 Å². The fourth-order valence-electron chi connectivity index (χ4n) is 4.62. The van der Waals surface area contributed by atoms with Crippen LogP contribution >= 0.6 is 11.6 Å². The maximum absolute atomic E-state index is 14.1. The van der Waals surface area contributed by atoms with Gasteiger partial charge in [-0.05, 0) is 41.8 Å². The lowest BCUT2D eigenvalue weighted by atomic mass is 9.82. The number of benzene rings is 4. The number of anilines is 1. The number of carbonyl (C=O) groups excluding carboxylic acids is 4. The molecule has 0 spiro atoms. The summed E-state index contributed by atoms with van der Waals surface area (Å²) in [6.07, 6.45) is -1.26. The molecule has 0 bridgehead atoms. The summed E-state index contributed by atoms with van der Waals surface area (Å²) in [7, 11) is 0. The smallest absolute Gasteiger partial charge is 0.339 e. The summed E-state index contributed by atoms with van der Waals surface area (Å²) >= 11 is 6.17. The highest BCUT2D eigenvalue weighted by Crippen LogP contribution is 2.39. The van der Waals surface area contributed by atoms with Crippen LogP contribution in [0.25, 0.3) is 11.1 Å². The number of Topliss-reactive ketones (excluding diaryl/α,β-unsaturated/α-hetero) is 2. The first-order valence-corrected chi connectivity index (χ1v) is 12.3. The second-order valence-corrected chi connectivity index (χ2v) is 9.30. The number of rotatable bonds is 7. The van der Waals surface area contributed by atoms with Crippen molar-refractivity contribution in [2.45, 2.75) is 13.0 Å². The molecule has 0 saturated heterocycles. The zero-order valence-electron chi connectivity index (χ0n) is 20.3. The maximum atomic E-state index is 14.1. The van der Waals surface area contributed by atoms with Crippen molar-refractivity contribution in [2.75, 3.05) is 5.32 Å². The molecule has 4 aromatic carbocycles. The van der Waals surface area contributed by atoms with Crippen molar-refractivity contribution in [3.8, 4) is 11.1 Å². The first-order valence-electron chi connectivity index (χ1n) is 12.0. The number of ether oxygens (including phenoxy) is 1. The van der Waals surface area contributed by atoms with Crippen molar-refractivity contribution in [1.82, 2.24) is 0 Å². The van der Waals surface area contributed by atoms with Crippen molar-refractivity contribution in [3.63, 3.8) is 0 Å². The average molecular weight is 524 g/mol. The zero-order valence-corrected chi connectivity index (χ0v) is 21.1. The van der Waals surface area contributed by atoms with Gasteiger partial charge in [-0.25, -0.2) is 4.79 Å². The number of cyclic esters (lactones) is 1. The lowest BCUT2D eigenvalue weighted by Gasteiger charge is -2.22. The van der Waals surface area contributed by atoms with Crippen molar-refractivity contribution in [3.05, 3.63) is 124 Å². The summed E-state index contributed by atoms with van der Waals surface area (Å²) in [5.74, 6) is -4.91. The van der Waals surface area contributed by atoms with Crippen molar-refractivity contribution < 1.29 is 23.9 Å². The standard InChI is InChI=1S/C31H22ClNO5/c1-18-24(32)16-9-17-25(18)33-30(36)28(35)26(29-22-14-7-8-15-23(22)31(37)38-29)27(34)21-13-6-5-12-20(21)19-10-3-2-4-11-19/h2-17,26,29H,1H3,(H,33,36)/t26-,29+/m1/s1. The zero-order chi connectivity index (χ0) is 26.8. The molecule has 0 saturated carbocycles. The lowest BCUT2D eigenvalue weighted by Crippen LogP contribution is -2.38. The highest BCUT2D eigenvalue weighted by atomic mass is 35.5. The molecule has 0 aromatic heterocycles. The quantitative estimate of drug-likeness (QED) is 0.134. The molecule has 7 heteroatoms. The van der Waals surface area contributed by atoms with Crippen LogP contribution in [-0.4, -0.2) is 23.4 Å². The third-order valence-electron chi connectivity index (χ3n) is 6.61. The van der Waals surface area contributed by atoms with Crippen LogP contribution in [0.2, 0.25) is 5.02 Å². The van der Waals surface area contributed by atoms with Crippen LogP contribution in [0.4, 0.5) is 5.69 Å². The largest absolute Gasteiger partial charge is 0.453 e. The van der Waals surface area contributed by atoms with Gasteiger partial charge in [0.2, 0.25) is 5.78 Å². The second-order valence-electron chi connectivity index (χ2n) is 8.90.